The average molecular weight is 304 g/mol. The lowest BCUT2D eigenvalue weighted by Gasteiger charge is -2.17. The number of benzene rings is 1. The first-order chi connectivity index (χ1) is 10.1. The Labute approximate surface area is 128 Å². The van der Waals surface area contributed by atoms with Crippen LogP contribution in [-0.2, 0) is 6.42 Å². The molecular weight excluding hydrogens is 284 g/mol. The third kappa shape index (κ3) is 4.67. The van der Waals surface area contributed by atoms with Gasteiger partial charge in [-0.25, -0.2) is 0 Å². The largest absolute Gasteiger partial charge is 0.387 e. The highest BCUT2D eigenvalue weighted by molar-refractivity contribution is 7.14. The number of primary amides is 1. The minimum absolute atomic E-state index is 0.211. The van der Waals surface area contributed by atoms with Gasteiger partial charge in [-0.2, -0.15) is 0 Å². The Morgan fingerprint density at radius 3 is 2.62 bits per heavy atom. The molecule has 0 aliphatic rings. The molecule has 0 aliphatic carbocycles. The van der Waals surface area contributed by atoms with Crippen molar-refractivity contribution in [3.05, 3.63) is 57.8 Å². The third-order valence-electron chi connectivity index (χ3n) is 3.26. The van der Waals surface area contributed by atoms with E-state index < -0.39 is 6.10 Å². The van der Waals surface area contributed by atoms with Gasteiger partial charge in [0, 0.05) is 17.5 Å². The molecule has 0 saturated heterocycles. The number of carbonyl (C=O) groups is 1. The summed E-state index contributed by atoms with van der Waals surface area (Å²) in [6, 6.07) is 13.5. The SMILES string of the molecule is CC(Cc1ccc(C(N)=O)s1)NCC(O)c1ccccc1. The molecule has 5 heteroatoms. The fourth-order valence-corrected chi connectivity index (χ4v) is 3.09. The zero-order valence-electron chi connectivity index (χ0n) is 12.0. The molecule has 0 saturated carbocycles. The van der Waals surface area contributed by atoms with Crippen molar-refractivity contribution in [3.63, 3.8) is 0 Å². The second-order valence-electron chi connectivity index (χ2n) is 5.07. The molecule has 0 aliphatic heterocycles. The lowest BCUT2D eigenvalue weighted by atomic mass is 10.1. The number of hydrogen-bond acceptors (Lipinski definition) is 4. The van der Waals surface area contributed by atoms with Crippen LogP contribution in [0.3, 0.4) is 0 Å². The van der Waals surface area contributed by atoms with Crippen LogP contribution in [0.2, 0.25) is 0 Å². The number of aliphatic hydroxyl groups is 1. The predicted molar refractivity (Wildman–Crippen MR) is 85.4 cm³/mol. The second-order valence-corrected chi connectivity index (χ2v) is 6.24. The normalized spacial score (nSPS) is 13.8. The first-order valence-electron chi connectivity index (χ1n) is 6.91. The molecule has 112 valence electrons. The van der Waals surface area contributed by atoms with Crippen LogP contribution < -0.4 is 11.1 Å². The van der Waals surface area contributed by atoms with E-state index in [0.29, 0.717) is 11.4 Å². The molecular formula is C16H20N2O2S. The van der Waals surface area contributed by atoms with Crippen molar-refractivity contribution in [2.75, 3.05) is 6.54 Å². The van der Waals surface area contributed by atoms with Gasteiger partial charge >= 0.3 is 0 Å². The van der Waals surface area contributed by atoms with E-state index in [2.05, 4.69) is 12.2 Å². The van der Waals surface area contributed by atoms with Crippen LogP contribution in [-0.4, -0.2) is 23.6 Å². The Bertz CT molecular complexity index is 583. The van der Waals surface area contributed by atoms with Crippen molar-refractivity contribution in [1.82, 2.24) is 5.32 Å². The molecule has 0 spiro atoms. The molecule has 4 N–H and O–H groups in total. The van der Waals surface area contributed by atoms with E-state index in [1.54, 1.807) is 6.07 Å². The zero-order valence-corrected chi connectivity index (χ0v) is 12.8. The molecule has 2 aromatic rings. The minimum atomic E-state index is -0.516. The lowest BCUT2D eigenvalue weighted by molar-refractivity contribution is 0.100. The molecule has 1 heterocycles. The maximum Gasteiger partial charge on any atom is 0.258 e. The van der Waals surface area contributed by atoms with Gasteiger partial charge in [-0.15, -0.1) is 11.3 Å². The molecule has 2 rings (SSSR count). The summed E-state index contributed by atoms with van der Waals surface area (Å²) in [5.41, 5.74) is 6.15. The Balaban J connectivity index is 1.81. The van der Waals surface area contributed by atoms with Gasteiger partial charge in [-0.05, 0) is 31.0 Å². The van der Waals surface area contributed by atoms with E-state index in [0.717, 1.165) is 16.9 Å². The summed E-state index contributed by atoms with van der Waals surface area (Å²) >= 11 is 1.42. The van der Waals surface area contributed by atoms with E-state index in [1.807, 2.05) is 36.4 Å². The van der Waals surface area contributed by atoms with Gasteiger partial charge in [0.2, 0.25) is 0 Å². The van der Waals surface area contributed by atoms with Gasteiger partial charge in [0.1, 0.15) is 0 Å². The molecule has 0 fully saturated rings. The van der Waals surface area contributed by atoms with Crippen molar-refractivity contribution in [1.29, 1.82) is 0 Å². The van der Waals surface area contributed by atoms with Crippen LogP contribution in [0.5, 0.6) is 0 Å². The van der Waals surface area contributed by atoms with Gasteiger partial charge in [-0.1, -0.05) is 30.3 Å². The summed E-state index contributed by atoms with van der Waals surface area (Å²) in [5, 5.41) is 13.4. The molecule has 1 aromatic carbocycles. The highest BCUT2D eigenvalue weighted by Gasteiger charge is 2.11. The van der Waals surface area contributed by atoms with Crippen LogP contribution in [0.4, 0.5) is 0 Å². The van der Waals surface area contributed by atoms with E-state index in [1.165, 1.54) is 11.3 Å². The van der Waals surface area contributed by atoms with Crippen molar-refractivity contribution in [2.24, 2.45) is 5.73 Å². The van der Waals surface area contributed by atoms with Gasteiger partial charge in [0.05, 0.1) is 11.0 Å². The van der Waals surface area contributed by atoms with E-state index >= 15 is 0 Å². The van der Waals surface area contributed by atoms with Gasteiger partial charge in [0.15, 0.2) is 0 Å². The molecule has 0 radical (unpaired) electrons. The topological polar surface area (TPSA) is 75.4 Å². The Hall–Kier alpha value is -1.69. The molecule has 2 atom stereocenters. The standard InChI is InChI=1S/C16H20N2O2S/c1-11(9-13-7-8-15(21-13)16(17)20)18-10-14(19)12-5-3-2-4-6-12/h2-8,11,14,18-19H,9-10H2,1H3,(H2,17,20). The van der Waals surface area contributed by atoms with Crippen LogP contribution in [0.1, 0.15) is 33.1 Å². The van der Waals surface area contributed by atoms with Crippen LogP contribution in [0.15, 0.2) is 42.5 Å². The maximum absolute atomic E-state index is 11.1. The number of thiophene rings is 1. The average Bonchev–Trinajstić information content (AvgIpc) is 2.94. The summed E-state index contributed by atoms with van der Waals surface area (Å²) in [5.74, 6) is -0.383. The van der Waals surface area contributed by atoms with E-state index in [9.17, 15) is 9.90 Å². The number of amides is 1. The van der Waals surface area contributed by atoms with Crippen molar-refractivity contribution >= 4 is 17.2 Å². The highest BCUT2D eigenvalue weighted by atomic mass is 32.1. The van der Waals surface area contributed by atoms with Gasteiger partial charge in [-0.3, -0.25) is 4.79 Å². The Morgan fingerprint density at radius 2 is 2.00 bits per heavy atom. The Kier molecular flexibility index (Phi) is 5.50. The quantitative estimate of drug-likeness (QED) is 0.733. The van der Waals surface area contributed by atoms with Crippen molar-refractivity contribution in [2.45, 2.75) is 25.5 Å². The number of carbonyl (C=O) groups excluding carboxylic acids is 1. The molecule has 1 amide bonds. The van der Waals surface area contributed by atoms with Crippen LogP contribution >= 0.6 is 11.3 Å². The second kappa shape index (κ2) is 7.36. The third-order valence-corrected chi connectivity index (χ3v) is 4.38. The predicted octanol–water partition coefficient (Wildman–Crippen LogP) is 2.10. The fraction of sp³-hybridized carbons (Fsp3) is 0.312. The summed E-state index contributed by atoms with van der Waals surface area (Å²) in [6.45, 7) is 2.56. The molecule has 2 unspecified atom stereocenters. The highest BCUT2D eigenvalue weighted by Crippen LogP contribution is 2.18. The maximum atomic E-state index is 11.1. The minimum Gasteiger partial charge on any atom is -0.387 e. The number of rotatable bonds is 7. The smallest absolute Gasteiger partial charge is 0.258 e. The Morgan fingerprint density at radius 1 is 1.29 bits per heavy atom. The summed E-state index contributed by atoms with van der Waals surface area (Å²) in [6.07, 6.45) is 0.289. The van der Waals surface area contributed by atoms with Gasteiger partial charge in [0.25, 0.3) is 5.91 Å². The molecule has 21 heavy (non-hydrogen) atoms. The first-order valence-corrected chi connectivity index (χ1v) is 7.73. The zero-order chi connectivity index (χ0) is 15.2. The number of aliphatic hydroxyl groups excluding tert-OH is 1. The first kappa shape index (κ1) is 15.7. The molecule has 4 nitrogen and oxygen atoms in total. The van der Waals surface area contributed by atoms with Crippen LogP contribution in [0.25, 0.3) is 0 Å². The summed E-state index contributed by atoms with van der Waals surface area (Å²) in [7, 11) is 0. The molecule has 1 aromatic heterocycles. The van der Waals surface area contributed by atoms with Gasteiger partial charge < -0.3 is 16.2 Å². The number of nitrogens with two attached hydrogens (primary N) is 1. The monoisotopic (exact) mass is 304 g/mol. The van der Waals surface area contributed by atoms with Crippen LogP contribution in [0, 0.1) is 0 Å². The summed E-state index contributed by atoms with van der Waals surface area (Å²) < 4.78 is 0. The van der Waals surface area contributed by atoms with Crippen molar-refractivity contribution in [3.8, 4) is 0 Å². The number of hydrogen-bond donors (Lipinski definition) is 3. The van der Waals surface area contributed by atoms with E-state index in [-0.39, 0.29) is 11.9 Å². The van der Waals surface area contributed by atoms with E-state index in [4.69, 9.17) is 5.73 Å². The summed E-state index contributed by atoms with van der Waals surface area (Å²) in [4.78, 5) is 12.7. The molecule has 0 bridgehead atoms. The fourth-order valence-electron chi connectivity index (χ4n) is 2.10. The lowest BCUT2D eigenvalue weighted by Crippen LogP contribution is -2.31. The number of nitrogens with one attached hydrogen (secondary N) is 1. The van der Waals surface area contributed by atoms with Crippen molar-refractivity contribution < 1.29 is 9.90 Å².